The molecule has 4 rings (SSSR count). The van der Waals surface area contributed by atoms with E-state index in [1.165, 1.54) is 18.3 Å². The number of nitrogens with one attached hydrogen (secondary N) is 1. The number of carbonyl (C=O) groups excluding carboxylic acids is 1. The molecule has 0 aliphatic rings. The standard InChI is InChI=1S/C23H18ClFN2O3S/c24-17-10-11-20(19(25)12-17)26-23(28)14-27-13-22(18-8-4-5-9-21(18)27)31(29,30)15-16-6-2-1-3-7-16/h1-13H,14-15H2,(H,26,28). The van der Waals surface area contributed by atoms with Gasteiger partial charge in [0.2, 0.25) is 5.91 Å². The largest absolute Gasteiger partial charge is 0.337 e. The van der Waals surface area contributed by atoms with Crippen LogP contribution >= 0.6 is 11.6 Å². The molecular formula is C23H18ClFN2O3S. The van der Waals surface area contributed by atoms with Crippen LogP contribution in [0, 0.1) is 5.82 Å². The van der Waals surface area contributed by atoms with E-state index in [9.17, 15) is 17.6 Å². The van der Waals surface area contributed by atoms with Crippen molar-refractivity contribution >= 4 is 43.9 Å². The molecule has 4 aromatic rings. The fourth-order valence-electron chi connectivity index (χ4n) is 3.40. The summed E-state index contributed by atoms with van der Waals surface area (Å²) in [7, 11) is -3.65. The number of anilines is 1. The molecule has 0 saturated carbocycles. The molecule has 0 aliphatic carbocycles. The highest BCUT2D eigenvalue weighted by molar-refractivity contribution is 7.90. The second-order valence-electron chi connectivity index (χ2n) is 7.06. The molecule has 0 unspecified atom stereocenters. The van der Waals surface area contributed by atoms with Crippen LogP contribution in [0.3, 0.4) is 0 Å². The third-order valence-corrected chi connectivity index (χ3v) is 6.75. The number of aromatic nitrogens is 1. The van der Waals surface area contributed by atoms with Gasteiger partial charge in [-0.2, -0.15) is 0 Å². The van der Waals surface area contributed by atoms with Crippen LogP contribution in [-0.2, 0) is 26.9 Å². The van der Waals surface area contributed by atoms with Gasteiger partial charge < -0.3 is 9.88 Å². The zero-order valence-electron chi connectivity index (χ0n) is 16.3. The Balaban J connectivity index is 1.64. The van der Waals surface area contributed by atoms with Crippen LogP contribution in [0.5, 0.6) is 0 Å². The molecule has 8 heteroatoms. The van der Waals surface area contributed by atoms with E-state index in [4.69, 9.17) is 11.6 Å². The summed E-state index contributed by atoms with van der Waals surface area (Å²) in [6.45, 7) is -0.177. The number of para-hydroxylation sites is 1. The van der Waals surface area contributed by atoms with Gasteiger partial charge in [-0.15, -0.1) is 0 Å². The van der Waals surface area contributed by atoms with Crippen molar-refractivity contribution in [2.75, 3.05) is 5.32 Å². The van der Waals surface area contributed by atoms with Crippen molar-refractivity contribution in [2.24, 2.45) is 0 Å². The van der Waals surface area contributed by atoms with Crippen LogP contribution in [0.4, 0.5) is 10.1 Å². The van der Waals surface area contributed by atoms with Gasteiger partial charge in [-0.25, -0.2) is 12.8 Å². The van der Waals surface area contributed by atoms with Crippen molar-refractivity contribution in [2.45, 2.75) is 17.2 Å². The molecule has 1 N–H and O–H groups in total. The van der Waals surface area contributed by atoms with Gasteiger partial charge in [0.25, 0.3) is 0 Å². The van der Waals surface area contributed by atoms with Gasteiger partial charge in [0, 0.05) is 22.1 Å². The number of fused-ring (bicyclic) bond motifs is 1. The first kappa shape index (κ1) is 21.1. The predicted molar refractivity (Wildman–Crippen MR) is 119 cm³/mol. The normalized spacial score (nSPS) is 11.5. The number of rotatable bonds is 6. The maximum atomic E-state index is 14.0. The lowest BCUT2D eigenvalue weighted by Crippen LogP contribution is -2.19. The number of halogens is 2. The fourth-order valence-corrected chi connectivity index (χ4v) is 5.14. The van der Waals surface area contributed by atoms with Crippen LogP contribution < -0.4 is 5.32 Å². The maximum Gasteiger partial charge on any atom is 0.244 e. The first-order valence-electron chi connectivity index (χ1n) is 9.43. The zero-order valence-corrected chi connectivity index (χ0v) is 17.8. The molecule has 5 nitrogen and oxygen atoms in total. The summed E-state index contributed by atoms with van der Waals surface area (Å²) in [5, 5.41) is 3.25. The summed E-state index contributed by atoms with van der Waals surface area (Å²) in [6.07, 6.45) is 1.46. The van der Waals surface area contributed by atoms with E-state index < -0.39 is 21.6 Å². The Morgan fingerprint density at radius 2 is 1.71 bits per heavy atom. The summed E-state index contributed by atoms with van der Waals surface area (Å²) in [4.78, 5) is 12.7. The summed E-state index contributed by atoms with van der Waals surface area (Å²) >= 11 is 5.74. The quantitative estimate of drug-likeness (QED) is 0.441. The topological polar surface area (TPSA) is 68.2 Å². The Morgan fingerprint density at radius 3 is 2.45 bits per heavy atom. The Labute approximate surface area is 184 Å². The van der Waals surface area contributed by atoms with Gasteiger partial charge in [-0.1, -0.05) is 60.1 Å². The van der Waals surface area contributed by atoms with Crippen LogP contribution in [0.1, 0.15) is 5.56 Å². The van der Waals surface area contributed by atoms with Gasteiger partial charge in [-0.3, -0.25) is 4.79 Å². The number of benzene rings is 3. The van der Waals surface area contributed by atoms with Crippen molar-refractivity contribution in [1.82, 2.24) is 4.57 Å². The molecule has 0 spiro atoms. The number of amides is 1. The first-order valence-corrected chi connectivity index (χ1v) is 11.5. The molecule has 1 heterocycles. The Morgan fingerprint density at radius 1 is 1.00 bits per heavy atom. The van der Waals surface area contributed by atoms with Crippen molar-refractivity contribution in [3.8, 4) is 0 Å². The Kier molecular flexibility index (Phi) is 5.80. The number of hydrogen-bond donors (Lipinski definition) is 1. The van der Waals surface area contributed by atoms with Gasteiger partial charge in [0.05, 0.1) is 16.3 Å². The van der Waals surface area contributed by atoms with Crippen LogP contribution in [-0.4, -0.2) is 18.9 Å². The van der Waals surface area contributed by atoms with E-state index in [1.807, 2.05) is 6.07 Å². The van der Waals surface area contributed by atoms with Crippen molar-refractivity contribution < 1.29 is 17.6 Å². The average molecular weight is 457 g/mol. The van der Waals surface area contributed by atoms with Crippen molar-refractivity contribution in [3.05, 3.63) is 95.4 Å². The summed E-state index contributed by atoms with van der Waals surface area (Å²) in [6, 6.07) is 19.8. The predicted octanol–water partition coefficient (Wildman–Crippen LogP) is 5.05. The highest BCUT2D eigenvalue weighted by Crippen LogP contribution is 2.28. The Bertz CT molecular complexity index is 1370. The maximum absolute atomic E-state index is 14.0. The van der Waals surface area contributed by atoms with E-state index in [2.05, 4.69) is 5.32 Å². The van der Waals surface area contributed by atoms with Crippen LogP contribution in [0.15, 0.2) is 83.9 Å². The van der Waals surface area contributed by atoms with Crippen molar-refractivity contribution in [3.63, 3.8) is 0 Å². The molecule has 0 aliphatic heterocycles. The van der Waals surface area contributed by atoms with Gasteiger partial charge in [-0.05, 0) is 29.8 Å². The zero-order chi connectivity index (χ0) is 22.0. The van der Waals surface area contributed by atoms with Gasteiger partial charge in [0.15, 0.2) is 9.84 Å². The molecule has 0 radical (unpaired) electrons. The molecule has 31 heavy (non-hydrogen) atoms. The van der Waals surface area contributed by atoms with E-state index in [0.717, 1.165) is 6.07 Å². The minimum Gasteiger partial charge on any atom is -0.337 e. The second kappa shape index (κ2) is 8.53. The van der Waals surface area contributed by atoms with Crippen LogP contribution in [0.25, 0.3) is 10.9 Å². The van der Waals surface area contributed by atoms with E-state index in [1.54, 1.807) is 53.1 Å². The monoisotopic (exact) mass is 456 g/mol. The third kappa shape index (κ3) is 4.62. The SMILES string of the molecule is O=C(Cn1cc(S(=O)(=O)Cc2ccccc2)c2ccccc21)Nc1ccc(Cl)cc1F. The van der Waals surface area contributed by atoms with E-state index >= 15 is 0 Å². The Hall–Kier alpha value is -3.16. The summed E-state index contributed by atoms with van der Waals surface area (Å²) in [5.41, 5.74) is 1.28. The average Bonchev–Trinajstić information content (AvgIpc) is 3.10. The minimum absolute atomic E-state index is 0.00258. The molecule has 0 saturated heterocycles. The third-order valence-electron chi connectivity index (χ3n) is 4.81. The lowest BCUT2D eigenvalue weighted by molar-refractivity contribution is -0.116. The number of nitrogens with zero attached hydrogens (tertiary/aromatic N) is 1. The molecule has 0 bridgehead atoms. The lowest BCUT2D eigenvalue weighted by Gasteiger charge is -2.08. The second-order valence-corrected chi connectivity index (χ2v) is 9.45. The molecule has 3 aromatic carbocycles. The number of carbonyl (C=O) groups is 1. The fraction of sp³-hybridized carbons (Fsp3) is 0.0870. The van der Waals surface area contributed by atoms with Gasteiger partial charge >= 0.3 is 0 Å². The highest BCUT2D eigenvalue weighted by atomic mass is 35.5. The molecule has 0 fully saturated rings. The van der Waals surface area contributed by atoms with Crippen molar-refractivity contribution in [1.29, 1.82) is 0 Å². The summed E-state index contributed by atoms with van der Waals surface area (Å²) in [5.74, 6) is -1.29. The lowest BCUT2D eigenvalue weighted by atomic mass is 10.2. The summed E-state index contributed by atoms with van der Waals surface area (Å²) < 4.78 is 41.7. The van der Waals surface area contributed by atoms with E-state index in [-0.39, 0.29) is 27.9 Å². The molecule has 0 atom stereocenters. The highest BCUT2D eigenvalue weighted by Gasteiger charge is 2.22. The van der Waals surface area contributed by atoms with Crippen LogP contribution in [0.2, 0.25) is 5.02 Å². The minimum atomic E-state index is -3.65. The molecule has 1 amide bonds. The van der Waals surface area contributed by atoms with E-state index in [0.29, 0.717) is 16.5 Å². The molecule has 1 aromatic heterocycles. The smallest absolute Gasteiger partial charge is 0.244 e. The number of sulfone groups is 1. The van der Waals surface area contributed by atoms with Gasteiger partial charge in [0.1, 0.15) is 12.4 Å². The number of hydrogen-bond acceptors (Lipinski definition) is 3. The molecular weight excluding hydrogens is 439 g/mol. The first-order chi connectivity index (χ1) is 14.8. The molecule has 158 valence electrons.